The highest BCUT2D eigenvalue weighted by molar-refractivity contribution is 6.21. The predicted octanol–water partition coefficient (Wildman–Crippen LogP) is 2.50. The number of nitrogens with one attached hydrogen (secondary N) is 1. The predicted molar refractivity (Wildman–Crippen MR) is 77.6 cm³/mol. The lowest BCUT2D eigenvalue weighted by Gasteiger charge is -2.19. The van der Waals surface area contributed by atoms with Gasteiger partial charge in [-0.1, -0.05) is 11.8 Å². The zero-order valence-corrected chi connectivity index (χ0v) is 13.0. The summed E-state index contributed by atoms with van der Waals surface area (Å²) in [6, 6.07) is 0. The van der Waals surface area contributed by atoms with Crippen LogP contribution in [0.15, 0.2) is 0 Å². The molecule has 0 bridgehead atoms. The molecule has 0 radical (unpaired) electrons. The van der Waals surface area contributed by atoms with Crippen LogP contribution >= 0.6 is 23.2 Å². The number of hydrogen-bond donors (Lipinski definition) is 2. The summed E-state index contributed by atoms with van der Waals surface area (Å²) in [7, 11) is 0. The third-order valence-corrected chi connectivity index (χ3v) is 2.65. The van der Waals surface area contributed by atoms with Crippen LogP contribution in [-0.2, 0) is 4.74 Å². The average molecular weight is 310 g/mol. The van der Waals surface area contributed by atoms with Crippen LogP contribution in [-0.4, -0.2) is 40.7 Å². The molecule has 2 N–H and O–H groups in total. The molecule has 0 saturated heterocycles. The molecule has 0 heterocycles. The molecule has 0 aromatic rings. The molecule has 0 aliphatic rings. The monoisotopic (exact) mass is 309 g/mol. The van der Waals surface area contributed by atoms with E-state index in [1.165, 1.54) is 0 Å². The maximum atomic E-state index is 11.3. The Morgan fingerprint density at radius 1 is 1.47 bits per heavy atom. The summed E-state index contributed by atoms with van der Waals surface area (Å²) in [6.07, 6.45) is -0.142. The Morgan fingerprint density at radius 2 is 2.11 bits per heavy atom. The van der Waals surface area contributed by atoms with Crippen molar-refractivity contribution < 1.29 is 14.6 Å². The van der Waals surface area contributed by atoms with Gasteiger partial charge in [-0.25, -0.2) is 4.79 Å². The number of halogens is 2. The molecule has 2 atom stereocenters. The lowest BCUT2D eigenvalue weighted by Crippen LogP contribution is -2.32. The molecular formula is C13H21Cl2NO3. The molecule has 0 aliphatic heterocycles. The fraction of sp³-hybridized carbons (Fsp3) is 0.769. The highest BCUT2D eigenvalue weighted by Crippen LogP contribution is 2.10. The van der Waals surface area contributed by atoms with Gasteiger partial charge in [-0.15, -0.1) is 23.2 Å². The molecule has 6 heteroatoms. The Balaban J connectivity index is 3.94. The van der Waals surface area contributed by atoms with Gasteiger partial charge in [0.05, 0.1) is 11.9 Å². The number of carbonyl (C=O) groups is 1. The molecule has 0 aromatic carbocycles. The Morgan fingerprint density at radius 3 is 2.63 bits per heavy atom. The van der Waals surface area contributed by atoms with Gasteiger partial charge in [0.15, 0.2) is 0 Å². The molecular weight excluding hydrogens is 289 g/mol. The SMILES string of the molecule is CC(C)(C)OC(=O)NCC#C[C@@H](O)[C@@H](Cl)CCCCl. The van der Waals surface area contributed by atoms with Gasteiger partial charge in [0.1, 0.15) is 11.7 Å². The number of aliphatic hydroxyl groups is 1. The van der Waals surface area contributed by atoms with E-state index >= 15 is 0 Å². The van der Waals surface area contributed by atoms with Crippen molar-refractivity contribution in [3.63, 3.8) is 0 Å². The van der Waals surface area contributed by atoms with Crippen LogP contribution < -0.4 is 5.32 Å². The number of carbonyl (C=O) groups excluding carboxylic acids is 1. The van der Waals surface area contributed by atoms with E-state index in [1.54, 1.807) is 20.8 Å². The Hall–Kier alpha value is -0.630. The number of hydrogen-bond acceptors (Lipinski definition) is 3. The second-order valence-corrected chi connectivity index (χ2v) is 5.91. The zero-order valence-electron chi connectivity index (χ0n) is 11.5. The fourth-order valence-corrected chi connectivity index (χ4v) is 1.48. The number of aliphatic hydroxyl groups excluding tert-OH is 1. The van der Waals surface area contributed by atoms with Crippen LogP contribution in [0, 0.1) is 11.8 Å². The summed E-state index contributed by atoms with van der Waals surface area (Å²) in [5.74, 6) is 5.70. The van der Waals surface area contributed by atoms with Gasteiger partial charge >= 0.3 is 6.09 Å². The van der Waals surface area contributed by atoms with Gasteiger partial charge in [-0.3, -0.25) is 0 Å². The van der Waals surface area contributed by atoms with Crippen LogP contribution in [0.25, 0.3) is 0 Å². The minimum atomic E-state index is -0.926. The molecule has 4 nitrogen and oxygen atoms in total. The Labute approximate surface area is 124 Å². The molecule has 110 valence electrons. The van der Waals surface area contributed by atoms with Gasteiger partial charge in [0, 0.05) is 5.88 Å². The van der Waals surface area contributed by atoms with E-state index in [4.69, 9.17) is 27.9 Å². The molecule has 0 aromatic heterocycles. The third-order valence-electron chi connectivity index (χ3n) is 1.93. The van der Waals surface area contributed by atoms with Crippen molar-refractivity contribution in [1.82, 2.24) is 5.32 Å². The molecule has 0 saturated carbocycles. The van der Waals surface area contributed by atoms with E-state index in [2.05, 4.69) is 17.2 Å². The average Bonchev–Trinajstić information content (AvgIpc) is 2.29. The second-order valence-electron chi connectivity index (χ2n) is 4.97. The summed E-state index contributed by atoms with van der Waals surface area (Å²) in [6.45, 7) is 5.43. The highest BCUT2D eigenvalue weighted by Gasteiger charge is 2.15. The highest BCUT2D eigenvalue weighted by atomic mass is 35.5. The summed E-state index contributed by atoms with van der Waals surface area (Å²) in [5, 5.41) is 11.6. The smallest absolute Gasteiger partial charge is 0.408 e. The van der Waals surface area contributed by atoms with Crippen molar-refractivity contribution in [2.75, 3.05) is 12.4 Å². The van der Waals surface area contributed by atoms with Crippen molar-refractivity contribution in [1.29, 1.82) is 0 Å². The fourth-order valence-electron chi connectivity index (χ4n) is 1.11. The standard InChI is InChI=1S/C13H21Cl2NO3/c1-13(2,3)19-12(18)16-9-5-7-11(17)10(15)6-4-8-14/h10-11,17H,4,6,8-9H2,1-3H3,(H,16,18)/t10-,11+/m0/s1. The Bertz CT molecular complexity index is 331. The van der Waals surface area contributed by atoms with Crippen LogP contribution in [0.1, 0.15) is 33.6 Å². The number of rotatable bonds is 5. The minimum Gasteiger partial charge on any atom is -0.444 e. The van der Waals surface area contributed by atoms with E-state index in [9.17, 15) is 9.90 Å². The van der Waals surface area contributed by atoms with Crippen molar-refractivity contribution >= 4 is 29.3 Å². The first-order valence-corrected chi connectivity index (χ1v) is 7.06. The van der Waals surface area contributed by atoms with E-state index in [-0.39, 0.29) is 6.54 Å². The molecule has 0 aliphatic carbocycles. The van der Waals surface area contributed by atoms with E-state index < -0.39 is 23.2 Å². The van der Waals surface area contributed by atoms with E-state index in [0.717, 1.165) is 6.42 Å². The van der Waals surface area contributed by atoms with Gasteiger partial charge in [-0.05, 0) is 33.6 Å². The minimum absolute atomic E-state index is 0.102. The van der Waals surface area contributed by atoms with E-state index in [1.807, 2.05) is 0 Å². The first kappa shape index (κ1) is 18.4. The maximum absolute atomic E-state index is 11.3. The number of amides is 1. The van der Waals surface area contributed by atoms with Gasteiger partial charge in [0.25, 0.3) is 0 Å². The molecule has 0 rings (SSSR count). The molecule has 19 heavy (non-hydrogen) atoms. The first-order valence-electron chi connectivity index (χ1n) is 6.09. The number of ether oxygens (including phenoxy) is 1. The van der Waals surface area contributed by atoms with Crippen molar-refractivity contribution in [2.45, 2.75) is 50.7 Å². The topological polar surface area (TPSA) is 58.6 Å². The number of alkyl carbamates (subject to hydrolysis) is 1. The summed E-state index contributed by atoms with van der Waals surface area (Å²) < 4.78 is 5.02. The zero-order chi connectivity index (χ0) is 14.9. The van der Waals surface area contributed by atoms with Crippen molar-refractivity contribution in [3.8, 4) is 11.8 Å². The van der Waals surface area contributed by atoms with Crippen molar-refractivity contribution in [2.24, 2.45) is 0 Å². The van der Waals surface area contributed by atoms with Crippen LogP contribution in [0.2, 0.25) is 0 Å². The molecule has 0 spiro atoms. The van der Waals surface area contributed by atoms with Crippen LogP contribution in [0.4, 0.5) is 4.79 Å². The van der Waals surface area contributed by atoms with Crippen LogP contribution in [0.5, 0.6) is 0 Å². The molecule has 0 unspecified atom stereocenters. The lowest BCUT2D eigenvalue weighted by atomic mass is 10.1. The lowest BCUT2D eigenvalue weighted by molar-refractivity contribution is 0.0535. The summed E-state index contributed by atoms with van der Waals surface area (Å²) in [5.41, 5.74) is -0.542. The molecule has 1 amide bonds. The number of alkyl halides is 2. The van der Waals surface area contributed by atoms with E-state index in [0.29, 0.717) is 12.3 Å². The van der Waals surface area contributed by atoms with Gasteiger partial charge in [0.2, 0.25) is 0 Å². The Kier molecular flexibility index (Phi) is 8.99. The van der Waals surface area contributed by atoms with Gasteiger partial charge < -0.3 is 15.2 Å². The normalized spacial score (nSPS) is 14.0. The molecule has 0 fully saturated rings. The van der Waals surface area contributed by atoms with Crippen LogP contribution in [0.3, 0.4) is 0 Å². The van der Waals surface area contributed by atoms with Crippen molar-refractivity contribution in [3.05, 3.63) is 0 Å². The van der Waals surface area contributed by atoms with Gasteiger partial charge in [-0.2, -0.15) is 0 Å². The largest absolute Gasteiger partial charge is 0.444 e. The first-order chi connectivity index (χ1) is 8.76. The maximum Gasteiger partial charge on any atom is 0.408 e. The quantitative estimate of drug-likeness (QED) is 0.606. The summed E-state index contributed by atoms with van der Waals surface area (Å²) >= 11 is 11.4. The second kappa shape index (κ2) is 9.30. The third kappa shape index (κ3) is 10.9. The summed E-state index contributed by atoms with van der Waals surface area (Å²) in [4.78, 5) is 11.3.